The van der Waals surface area contributed by atoms with Crippen molar-refractivity contribution in [3.05, 3.63) is 66.0 Å². The van der Waals surface area contributed by atoms with Crippen molar-refractivity contribution < 1.29 is 4.79 Å². The molecule has 1 aromatic carbocycles. The Bertz CT molecular complexity index is 571. The van der Waals surface area contributed by atoms with Gasteiger partial charge in [0.2, 0.25) is 5.91 Å². The summed E-state index contributed by atoms with van der Waals surface area (Å²) in [5, 5.41) is 0. The van der Waals surface area contributed by atoms with E-state index in [-0.39, 0.29) is 11.9 Å². The van der Waals surface area contributed by atoms with Crippen LogP contribution < -0.4 is 5.73 Å². The van der Waals surface area contributed by atoms with Gasteiger partial charge in [-0.05, 0) is 45.1 Å². The van der Waals surface area contributed by atoms with E-state index in [2.05, 4.69) is 16.8 Å². The average molecular weight is 297 g/mol. The number of nitrogens with two attached hydrogens (primary N) is 1. The molecule has 0 fully saturated rings. The van der Waals surface area contributed by atoms with Crippen LogP contribution in [0.3, 0.4) is 0 Å². The van der Waals surface area contributed by atoms with Crippen molar-refractivity contribution in [2.45, 2.75) is 24.8 Å². The van der Waals surface area contributed by atoms with Gasteiger partial charge in [0, 0.05) is 12.2 Å². The summed E-state index contributed by atoms with van der Waals surface area (Å²) >= 11 is 0. The molecule has 0 aliphatic carbocycles. The largest absolute Gasteiger partial charge is 0.369 e. The van der Waals surface area contributed by atoms with Crippen LogP contribution in [-0.2, 0) is 10.2 Å². The summed E-state index contributed by atoms with van der Waals surface area (Å²) in [7, 11) is 4.00. The number of hydrogen-bond acceptors (Lipinski definition) is 3. The predicted molar refractivity (Wildman–Crippen MR) is 88.4 cm³/mol. The van der Waals surface area contributed by atoms with E-state index < -0.39 is 5.41 Å². The van der Waals surface area contributed by atoms with Crippen LogP contribution in [0.4, 0.5) is 0 Å². The van der Waals surface area contributed by atoms with E-state index in [0.29, 0.717) is 12.1 Å². The molecule has 0 bridgehead atoms. The van der Waals surface area contributed by atoms with Crippen molar-refractivity contribution in [1.29, 1.82) is 0 Å². The molecule has 1 amide bonds. The van der Waals surface area contributed by atoms with Gasteiger partial charge in [-0.1, -0.05) is 36.4 Å². The van der Waals surface area contributed by atoms with E-state index in [1.165, 1.54) is 0 Å². The van der Waals surface area contributed by atoms with Gasteiger partial charge in [-0.25, -0.2) is 0 Å². The van der Waals surface area contributed by atoms with Crippen molar-refractivity contribution in [2.24, 2.45) is 5.73 Å². The number of primary amides is 1. The normalized spacial score (nSPS) is 15.3. The van der Waals surface area contributed by atoms with Crippen molar-refractivity contribution in [1.82, 2.24) is 9.88 Å². The second-order valence-electron chi connectivity index (χ2n) is 5.87. The van der Waals surface area contributed by atoms with E-state index >= 15 is 0 Å². The fourth-order valence-corrected chi connectivity index (χ4v) is 2.70. The average Bonchev–Trinajstić information content (AvgIpc) is 2.53. The lowest BCUT2D eigenvalue weighted by Gasteiger charge is -2.35. The topological polar surface area (TPSA) is 59.2 Å². The SMILES string of the molecule is C[C@@H](C[C@](C(N)=O)(c1ccccc1)c1ccccn1)N(C)C. The van der Waals surface area contributed by atoms with Crippen molar-refractivity contribution >= 4 is 5.91 Å². The molecule has 0 saturated carbocycles. The van der Waals surface area contributed by atoms with E-state index in [9.17, 15) is 4.79 Å². The fraction of sp³-hybridized carbons (Fsp3) is 0.333. The summed E-state index contributed by atoms with van der Waals surface area (Å²) < 4.78 is 0. The third-order valence-corrected chi connectivity index (χ3v) is 4.27. The Morgan fingerprint density at radius 1 is 1.18 bits per heavy atom. The van der Waals surface area contributed by atoms with Gasteiger partial charge in [-0.15, -0.1) is 0 Å². The number of aromatic nitrogens is 1. The number of nitrogens with zero attached hydrogens (tertiary/aromatic N) is 2. The molecular weight excluding hydrogens is 274 g/mol. The minimum Gasteiger partial charge on any atom is -0.369 e. The molecule has 4 nitrogen and oxygen atoms in total. The molecule has 0 radical (unpaired) electrons. The van der Waals surface area contributed by atoms with Crippen molar-refractivity contribution in [2.75, 3.05) is 14.1 Å². The fourth-order valence-electron chi connectivity index (χ4n) is 2.70. The molecule has 0 unspecified atom stereocenters. The van der Waals surface area contributed by atoms with Crippen molar-refractivity contribution in [3.8, 4) is 0 Å². The number of pyridine rings is 1. The summed E-state index contributed by atoms with van der Waals surface area (Å²) in [5.74, 6) is -0.369. The zero-order valence-corrected chi connectivity index (χ0v) is 13.4. The summed E-state index contributed by atoms with van der Waals surface area (Å²) in [6, 6.07) is 15.5. The van der Waals surface area contributed by atoms with Crippen LogP contribution in [0.25, 0.3) is 0 Å². The molecule has 2 rings (SSSR count). The van der Waals surface area contributed by atoms with Gasteiger partial charge in [-0.3, -0.25) is 9.78 Å². The molecule has 0 spiro atoms. The van der Waals surface area contributed by atoms with Gasteiger partial charge in [0.1, 0.15) is 5.41 Å². The summed E-state index contributed by atoms with van der Waals surface area (Å²) in [5.41, 5.74) is 6.54. The van der Waals surface area contributed by atoms with Gasteiger partial charge in [0.05, 0.1) is 5.69 Å². The standard InChI is InChI=1S/C18H23N3O/c1-14(21(2)3)13-18(17(19)22,15-9-5-4-6-10-15)16-11-7-8-12-20-16/h4-12,14H,13H2,1-3H3,(H2,19,22)/t14-,18-/m0/s1. The number of amides is 1. The summed E-state index contributed by atoms with van der Waals surface area (Å²) in [6.07, 6.45) is 2.28. The van der Waals surface area contributed by atoms with Crippen LogP contribution >= 0.6 is 0 Å². The minimum absolute atomic E-state index is 0.176. The molecule has 116 valence electrons. The first-order valence-corrected chi connectivity index (χ1v) is 7.42. The highest BCUT2D eigenvalue weighted by atomic mass is 16.1. The third kappa shape index (κ3) is 3.02. The molecule has 0 aliphatic heterocycles. The minimum atomic E-state index is -0.924. The number of benzene rings is 1. The van der Waals surface area contributed by atoms with E-state index in [1.54, 1.807) is 6.20 Å². The first-order valence-electron chi connectivity index (χ1n) is 7.42. The molecule has 2 aromatic rings. The first kappa shape index (κ1) is 16.2. The Hall–Kier alpha value is -2.20. The monoisotopic (exact) mass is 297 g/mol. The summed E-state index contributed by atoms with van der Waals surface area (Å²) in [4.78, 5) is 19.1. The Balaban J connectivity index is 2.63. The van der Waals surface area contributed by atoms with Crippen LogP contribution in [0.2, 0.25) is 0 Å². The Labute approximate surface area is 132 Å². The van der Waals surface area contributed by atoms with Crippen LogP contribution in [0, 0.1) is 0 Å². The number of carbonyl (C=O) groups is 1. The molecule has 2 N–H and O–H groups in total. The Morgan fingerprint density at radius 3 is 2.32 bits per heavy atom. The highest BCUT2D eigenvalue weighted by Crippen LogP contribution is 2.36. The number of carbonyl (C=O) groups excluding carboxylic acids is 1. The lowest BCUT2D eigenvalue weighted by molar-refractivity contribution is -0.122. The molecule has 0 saturated heterocycles. The maximum absolute atomic E-state index is 12.5. The smallest absolute Gasteiger partial charge is 0.234 e. The van der Waals surface area contributed by atoms with Gasteiger partial charge in [0.15, 0.2) is 0 Å². The van der Waals surface area contributed by atoms with E-state index in [1.807, 2.05) is 62.6 Å². The van der Waals surface area contributed by atoms with Gasteiger partial charge < -0.3 is 10.6 Å². The van der Waals surface area contributed by atoms with Gasteiger partial charge in [-0.2, -0.15) is 0 Å². The van der Waals surface area contributed by atoms with Crippen LogP contribution in [0.1, 0.15) is 24.6 Å². The molecule has 1 heterocycles. The van der Waals surface area contributed by atoms with Crippen LogP contribution in [0.5, 0.6) is 0 Å². The zero-order chi connectivity index (χ0) is 16.2. The van der Waals surface area contributed by atoms with Crippen LogP contribution in [0.15, 0.2) is 54.7 Å². The maximum Gasteiger partial charge on any atom is 0.234 e. The third-order valence-electron chi connectivity index (χ3n) is 4.27. The predicted octanol–water partition coefficient (Wildman–Crippen LogP) is 2.19. The lowest BCUT2D eigenvalue weighted by Crippen LogP contribution is -2.47. The molecule has 4 heteroatoms. The van der Waals surface area contributed by atoms with Crippen molar-refractivity contribution in [3.63, 3.8) is 0 Å². The lowest BCUT2D eigenvalue weighted by atomic mass is 9.72. The summed E-state index contributed by atoms with van der Waals surface area (Å²) in [6.45, 7) is 2.09. The molecule has 1 aromatic heterocycles. The highest BCUT2D eigenvalue weighted by Gasteiger charge is 2.43. The maximum atomic E-state index is 12.5. The Kier molecular flexibility index (Phi) is 4.93. The zero-order valence-electron chi connectivity index (χ0n) is 13.4. The molecule has 0 aliphatic rings. The second kappa shape index (κ2) is 6.71. The first-order chi connectivity index (χ1) is 10.5. The van der Waals surface area contributed by atoms with E-state index in [0.717, 1.165) is 5.56 Å². The second-order valence-corrected chi connectivity index (χ2v) is 5.87. The Morgan fingerprint density at radius 2 is 1.82 bits per heavy atom. The quantitative estimate of drug-likeness (QED) is 0.889. The van der Waals surface area contributed by atoms with Crippen LogP contribution in [-0.4, -0.2) is 35.9 Å². The number of hydrogen-bond donors (Lipinski definition) is 1. The van der Waals surface area contributed by atoms with Gasteiger partial charge in [0.25, 0.3) is 0 Å². The van der Waals surface area contributed by atoms with Gasteiger partial charge >= 0.3 is 0 Å². The molecular formula is C18H23N3O. The van der Waals surface area contributed by atoms with E-state index in [4.69, 9.17) is 5.73 Å². The highest BCUT2D eigenvalue weighted by molar-refractivity contribution is 5.90. The molecule has 22 heavy (non-hydrogen) atoms. The number of rotatable bonds is 6. The molecule has 2 atom stereocenters.